The van der Waals surface area contributed by atoms with Gasteiger partial charge in [0.1, 0.15) is 5.75 Å². The van der Waals surface area contributed by atoms with Crippen molar-refractivity contribution < 1.29 is 27.8 Å². The Bertz CT molecular complexity index is 1150. The molecule has 3 nitrogen and oxygen atoms in total. The lowest BCUT2D eigenvalue weighted by Gasteiger charge is -2.22. The number of carbonyl (C=O) groups is 1. The van der Waals surface area contributed by atoms with Crippen LogP contribution in [0.15, 0.2) is 48.5 Å². The van der Waals surface area contributed by atoms with E-state index >= 15 is 0 Å². The molecule has 164 valence electrons. The number of halogens is 3. The predicted molar refractivity (Wildman–Crippen MR) is 119 cm³/mol. The van der Waals surface area contributed by atoms with Gasteiger partial charge in [-0.1, -0.05) is 45.0 Å². The number of hydrogen-bond donors (Lipinski definition) is 1. The number of allylic oxidation sites excluding steroid dienone is 1. The first-order chi connectivity index (χ1) is 14.3. The van der Waals surface area contributed by atoms with Gasteiger partial charge in [-0.25, -0.2) is 4.79 Å². The van der Waals surface area contributed by atoms with E-state index in [9.17, 15) is 18.0 Å². The second-order valence-corrected chi connectivity index (χ2v) is 9.44. The molecule has 0 fully saturated rings. The summed E-state index contributed by atoms with van der Waals surface area (Å²) in [4.78, 5) is 11.8. The number of rotatable bonds is 5. The average molecular weight is 449 g/mol. The molecule has 1 heterocycles. The molecular weight excluding hydrogens is 425 g/mol. The Balaban J connectivity index is 2.16. The number of hydrogen-bond acceptors (Lipinski definition) is 3. The van der Waals surface area contributed by atoms with Crippen molar-refractivity contribution in [1.82, 2.24) is 0 Å². The lowest BCUT2D eigenvalue weighted by molar-refractivity contribution is -0.153. The zero-order chi connectivity index (χ0) is 23.0. The third kappa shape index (κ3) is 5.47. The van der Waals surface area contributed by atoms with Crippen LogP contribution < -0.4 is 4.74 Å². The first-order valence-corrected chi connectivity index (χ1v) is 10.5. The van der Waals surface area contributed by atoms with Crippen LogP contribution in [0.2, 0.25) is 0 Å². The summed E-state index contributed by atoms with van der Waals surface area (Å²) in [5.74, 6) is -0.862. The number of benzene rings is 2. The number of carboxylic acid groups (broad SMARTS) is 1. The van der Waals surface area contributed by atoms with Crippen molar-refractivity contribution in [3.05, 3.63) is 59.0 Å². The summed E-state index contributed by atoms with van der Waals surface area (Å²) in [6.07, 6.45) is -3.31. The third-order valence-corrected chi connectivity index (χ3v) is 6.05. The Hall–Kier alpha value is -2.80. The first kappa shape index (κ1) is 22.9. The predicted octanol–water partition coefficient (Wildman–Crippen LogP) is 7.29. The van der Waals surface area contributed by atoms with E-state index in [0.29, 0.717) is 11.1 Å². The molecule has 0 saturated carbocycles. The highest BCUT2D eigenvalue weighted by atomic mass is 32.1. The van der Waals surface area contributed by atoms with E-state index in [1.165, 1.54) is 11.3 Å². The average Bonchev–Trinajstić information content (AvgIpc) is 3.09. The van der Waals surface area contributed by atoms with Crippen molar-refractivity contribution in [2.75, 3.05) is 6.61 Å². The molecule has 0 aliphatic heterocycles. The highest BCUT2D eigenvalue weighted by molar-refractivity contribution is 7.20. The molecule has 0 bridgehead atoms. The molecule has 2 aromatic carbocycles. The van der Waals surface area contributed by atoms with E-state index in [-0.39, 0.29) is 11.2 Å². The van der Waals surface area contributed by atoms with Crippen LogP contribution in [0.4, 0.5) is 13.2 Å². The van der Waals surface area contributed by atoms with Crippen LogP contribution in [-0.4, -0.2) is 23.9 Å². The summed E-state index contributed by atoms with van der Waals surface area (Å²) in [5, 5.41) is 9.86. The lowest BCUT2D eigenvalue weighted by Crippen LogP contribution is -2.20. The Labute approximate surface area is 182 Å². The van der Waals surface area contributed by atoms with Crippen molar-refractivity contribution in [2.24, 2.45) is 0 Å². The third-order valence-electron chi connectivity index (χ3n) is 4.82. The van der Waals surface area contributed by atoms with E-state index in [1.807, 2.05) is 51.1 Å². The van der Waals surface area contributed by atoms with Crippen LogP contribution in [-0.2, 0) is 10.2 Å². The first-order valence-electron chi connectivity index (χ1n) is 9.64. The van der Waals surface area contributed by atoms with Gasteiger partial charge >= 0.3 is 12.1 Å². The van der Waals surface area contributed by atoms with Gasteiger partial charge in [-0.2, -0.15) is 13.2 Å². The fourth-order valence-corrected chi connectivity index (χ4v) is 4.30. The summed E-state index contributed by atoms with van der Waals surface area (Å²) in [5.41, 5.74) is 2.52. The van der Waals surface area contributed by atoms with Gasteiger partial charge in [-0.05, 0) is 47.2 Å². The molecular formula is C24H23F3O3S. The van der Waals surface area contributed by atoms with Gasteiger partial charge in [-0.15, -0.1) is 11.3 Å². The Morgan fingerprint density at radius 3 is 2.42 bits per heavy atom. The number of ether oxygens (including phenoxy) is 1. The molecule has 3 rings (SSSR count). The Morgan fingerprint density at radius 2 is 1.81 bits per heavy atom. The number of alkyl halides is 3. The maximum atomic E-state index is 12.9. The van der Waals surface area contributed by atoms with Gasteiger partial charge in [0, 0.05) is 26.6 Å². The fourth-order valence-electron chi connectivity index (χ4n) is 3.24. The zero-order valence-electron chi connectivity index (χ0n) is 17.6. The second-order valence-electron chi connectivity index (χ2n) is 8.36. The van der Waals surface area contributed by atoms with Gasteiger partial charge in [0.2, 0.25) is 0 Å². The molecule has 7 heteroatoms. The maximum Gasteiger partial charge on any atom is 0.422 e. The van der Waals surface area contributed by atoms with E-state index < -0.39 is 18.8 Å². The van der Waals surface area contributed by atoms with E-state index in [0.717, 1.165) is 32.2 Å². The van der Waals surface area contributed by atoms with Crippen LogP contribution in [0.25, 0.3) is 26.8 Å². The van der Waals surface area contributed by atoms with Crippen LogP contribution >= 0.6 is 11.3 Å². The summed E-state index contributed by atoms with van der Waals surface area (Å²) in [6.45, 7) is 6.30. The molecule has 0 radical (unpaired) electrons. The minimum Gasteiger partial charge on any atom is -0.483 e. The molecule has 0 spiro atoms. The lowest BCUT2D eigenvalue weighted by atomic mass is 9.85. The zero-order valence-corrected chi connectivity index (χ0v) is 18.4. The molecule has 0 aliphatic rings. The van der Waals surface area contributed by atoms with Crippen molar-refractivity contribution in [3.8, 4) is 16.9 Å². The van der Waals surface area contributed by atoms with E-state index in [1.54, 1.807) is 19.1 Å². The van der Waals surface area contributed by atoms with Crippen LogP contribution in [0.1, 0.15) is 38.1 Å². The maximum absolute atomic E-state index is 12.9. The SMILES string of the molecule is C/C(=C\C(=O)O)c1cc2c(-c3ccc(C(C)(C)C)cc3OCC(F)(F)F)cccc2s1. The minimum atomic E-state index is -4.45. The topological polar surface area (TPSA) is 46.5 Å². The molecule has 0 aliphatic carbocycles. The monoisotopic (exact) mass is 448 g/mol. The summed E-state index contributed by atoms with van der Waals surface area (Å²) < 4.78 is 44.8. The number of fused-ring (bicyclic) bond motifs is 1. The fraction of sp³-hybridized carbons (Fsp3) is 0.292. The van der Waals surface area contributed by atoms with Crippen molar-refractivity contribution in [1.29, 1.82) is 0 Å². The summed E-state index contributed by atoms with van der Waals surface area (Å²) in [7, 11) is 0. The molecule has 0 unspecified atom stereocenters. The molecule has 0 amide bonds. The van der Waals surface area contributed by atoms with Gasteiger partial charge in [0.05, 0.1) is 0 Å². The number of carboxylic acids is 1. The van der Waals surface area contributed by atoms with Gasteiger partial charge in [0.25, 0.3) is 0 Å². The van der Waals surface area contributed by atoms with Gasteiger partial charge < -0.3 is 9.84 Å². The molecule has 31 heavy (non-hydrogen) atoms. The Kier molecular flexibility index (Phi) is 6.18. The van der Waals surface area contributed by atoms with Crippen LogP contribution in [0, 0.1) is 0 Å². The van der Waals surface area contributed by atoms with Crippen molar-refractivity contribution in [3.63, 3.8) is 0 Å². The molecule has 1 aromatic heterocycles. The minimum absolute atomic E-state index is 0.169. The highest BCUT2D eigenvalue weighted by Crippen LogP contribution is 2.41. The van der Waals surface area contributed by atoms with Crippen LogP contribution in [0.5, 0.6) is 5.75 Å². The second kappa shape index (κ2) is 8.38. The smallest absolute Gasteiger partial charge is 0.422 e. The van der Waals surface area contributed by atoms with Crippen molar-refractivity contribution >= 4 is 33.0 Å². The van der Waals surface area contributed by atoms with Gasteiger partial charge in [-0.3, -0.25) is 0 Å². The molecule has 3 aromatic rings. The largest absolute Gasteiger partial charge is 0.483 e. The molecule has 0 atom stereocenters. The summed E-state index contributed by atoms with van der Waals surface area (Å²) in [6, 6.07) is 12.8. The van der Waals surface area contributed by atoms with Gasteiger partial charge in [0.15, 0.2) is 6.61 Å². The number of aliphatic carboxylic acids is 1. The molecule has 0 saturated heterocycles. The molecule has 1 N–H and O–H groups in total. The standard InChI is InChI=1S/C24H23F3O3S/c1-14(10-22(28)29)21-12-18-16(6-5-7-20(18)31-21)17-9-8-15(23(2,3)4)11-19(17)30-13-24(25,26)27/h5-12H,13H2,1-4H3,(H,28,29)/b14-10+. The van der Waals surface area contributed by atoms with Crippen molar-refractivity contribution in [2.45, 2.75) is 39.3 Å². The van der Waals surface area contributed by atoms with E-state index in [4.69, 9.17) is 9.84 Å². The van der Waals surface area contributed by atoms with E-state index in [2.05, 4.69) is 0 Å². The number of thiophene rings is 1. The van der Waals surface area contributed by atoms with Crippen LogP contribution in [0.3, 0.4) is 0 Å². The highest BCUT2D eigenvalue weighted by Gasteiger charge is 2.29. The Morgan fingerprint density at radius 1 is 1.10 bits per heavy atom. The normalized spacial score (nSPS) is 12.9. The summed E-state index contributed by atoms with van der Waals surface area (Å²) >= 11 is 1.43. The quantitative estimate of drug-likeness (QED) is 0.417.